The molecule has 1 heterocycles. The van der Waals surface area contributed by atoms with E-state index in [9.17, 15) is 4.39 Å². The van der Waals surface area contributed by atoms with E-state index in [1.807, 2.05) is 0 Å². The van der Waals surface area contributed by atoms with Gasteiger partial charge >= 0.3 is 0 Å². The number of nitrogens with one attached hydrogen (secondary N) is 1. The van der Waals surface area contributed by atoms with Crippen molar-refractivity contribution in [3.8, 4) is 0 Å². The van der Waals surface area contributed by atoms with Gasteiger partial charge in [0.25, 0.3) is 0 Å². The largest absolute Gasteiger partial charge is 0.381 e. The average Bonchev–Trinajstić information content (AvgIpc) is 2.42. The van der Waals surface area contributed by atoms with Crippen LogP contribution in [0.15, 0.2) is 18.2 Å². The summed E-state index contributed by atoms with van der Waals surface area (Å²) < 4.78 is 13.1. The number of halogens is 2. The van der Waals surface area contributed by atoms with Gasteiger partial charge in [-0.05, 0) is 63.4 Å². The number of nitrogens with zero attached hydrogens (tertiary/aromatic N) is 1. The Hall–Kier alpha value is -0.800. The summed E-state index contributed by atoms with van der Waals surface area (Å²) in [5.41, 5.74) is 0.827. The molecule has 2 nitrogen and oxygen atoms in total. The maximum atomic E-state index is 13.1. The predicted octanol–water partition coefficient (Wildman–Crippen LogP) is 4.40. The summed E-state index contributed by atoms with van der Waals surface area (Å²) in [6.07, 6.45) is 3.71. The van der Waals surface area contributed by atoms with Crippen molar-refractivity contribution in [2.24, 2.45) is 5.92 Å². The molecule has 0 saturated carbocycles. The Kier molecular flexibility index (Phi) is 5.67. The fraction of sp³-hybridized carbons (Fsp3) is 0.625. The molecule has 0 aliphatic carbocycles. The number of likely N-dealkylation sites (tertiary alicyclic amines) is 1. The van der Waals surface area contributed by atoms with E-state index in [4.69, 9.17) is 11.6 Å². The highest BCUT2D eigenvalue weighted by Gasteiger charge is 2.24. The molecule has 20 heavy (non-hydrogen) atoms. The quantitative estimate of drug-likeness (QED) is 0.866. The first kappa shape index (κ1) is 15.6. The van der Waals surface area contributed by atoms with E-state index in [0.29, 0.717) is 17.0 Å². The summed E-state index contributed by atoms with van der Waals surface area (Å²) in [7, 11) is 0. The Balaban J connectivity index is 1.95. The average molecular weight is 299 g/mol. The highest BCUT2D eigenvalue weighted by molar-refractivity contribution is 6.33. The maximum absolute atomic E-state index is 13.1. The molecule has 2 atom stereocenters. The molecule has 1 aliphatic rings. The molecule has 0 bridgehead atoms. The van der Waals surface area contributed by atoms with Crippen molar-refractivity contribution in [3.05, 3.63) is 29.0 Å². The van der Waals surface area contributed by atoms with Gasteiger partial charge in [-0.3, -0.25) is 0 Å². The Morgan fingerprint density at radius 3 is 3.00 bits per heavy atom. The lowest BCUT2D eigenvalue weighted by Gasteiger charge is -2.36. The van der Waals surface area contributed by atoms with Crippen LogP contribution in [0.4, 0.5) is 10.1 Å². The van der Waals surface area contributed by atoms with Crippen molar-refractivity contribution in [3.63, 3.8) is 0 Å². The smallest absolute Gasteiger partial charge is 0.124 e. The summed E-state index contributed by atoms with van der Waals surface area (Å²) in [6, 6.07) is 4.88. The summed E-state index contributed by atoms with van der Waals surface area (Å²) in [5, 5.41) is 3.90. The number of piperidine rings is 1. The summed E-state index contributed by atoms with van der Waals surface area (Å²) in [5.74, 6) is 0.330. The lowest BCUT2D eigenvalue weighted by atomic mass is 9.91. The van der Waals surface area contributed by atoms with Crippen molar-refractivity contribution in [1.82, 2.24) is 4.90 Å². The second-order valence-corrected chi connectivity index (χ2v) is 6.17. The monoisotopic (exact) mass is 298 g/mol. The van der Waals surface area contributed by atoms with Gasteiger partial charge < -0.3 is 10.2 Å². The number of benzene rings is 1. The molecule has 112 valence electrons. The third-order valence-electron chi connectivity index (χ3n) is 4.10. The van der Waals surface area contributed by atoms with Crippen LogP contribution in [0.2, 0.25) is 5.02 Å². The van der Waals surface area contributed by atoms with E-state index in [-0.39, 0.29) is 5.82 Å². The van der Waals surface area contributed by atoms with Gasteiger partial charge in [0.05, 0.1) is 10.7 Å². The zero-order valence-electron chi connectivity index (χ0n) is 12.3. The van der Waals surface area contributed by atoms with Crippen LogP contribution in [-0.2, 0) is 0 Å². The highest BCUT2D eigenvalue weighted by Crippen LogP contribution is 2.27. The van der Waals surface area contributed by atoms with Crippen LogP contribution in [0.3, 0.4) is 0 Å². The van der Waals surface area contributed by atoms with Gasteiger partial charge in [-0.2, -0.15) is 0 Å². The third kappa shape index (κ3) is 4.10. The second kappa shape index (κ2) is 7.28. The first-order valence-corrected chi connectivity index (χ1v) is 7.92. The molecule has 4 heteroatoms. The molecule has 1 aromatic rings. The number of rotatable bonds is 5. The van der Waals surface area contributed by atoms with E-state index >= 15 is 0 Å². The molecule has 1 aromatic carbocycles. The lowest BCUT2D eigenvalue weighted by Crippen LogP contribution is -2.42. The summed E-state index contributed by atoms with van der Waals surface area (Å²) in [6.45, 7) is 7.96. The number of anilines is 1. The molecule has 1 saturated heterocycles. The van der Waals surface area contributed by atoms with Crippen molar-refractivity contribution in [2.45, 2.75) is 39.2 Å². The SMILES string of the molecule is CCCN1CCCC(C(C)Nc2ccc(F)cc2Cl)C1. The van der Waals surface area contributed by atoms with Crippen molar-refractivity contribution in [2.75, 3.05) is 25.0 Å². The zero-order chi connectivity index (χ0) is 14.5. The molecule has 0 amide bonds. The Bertz CT molecular complexity index is 436. The zero-order valence-corrected chi connectivity index (χ0v) is 13.1. The van der Waals surface area contributed by atoms with Crippen molar-refractivity contribution >= 4 is 17.3 Å². The fourth-order valence-electron chi connectivity index (χ4n) is 2.99. The minimum Gasteiger partial charge on any atom is -0.381 e. The first-order chi connectivity index (χ1) is 9.60. The van der Waals surface area contributed by atoms with Gasteiger partial charge in [0.2, 0.25) is 0 Å². The Morgan fingerprint density at radius 2 is 2.30 bits per heavy atom. The van der Waals surface area contributed by atoms with E-state index in [2.05, 4.69) is 24.1 Å². The predicted molar refractivity (Wildman–Crippen MR) is 83.9 cm³/mol. The van der Waals surface area contributed by atoms with Gasteiger partial charge in [-0.1, -0.05) is 18.5 Å². The van der Waals surface area contributed by atoms with Crippen LogP contribution in [0.25, 0.3) is 0 Å². The van der Waals surface area contributed by atoms with Gasteiger partial charge in [-0.15, -0.1) is 0 Å². The van der Waals surface area contributed by atoms with Gasteiger partial charge in [0.15, 0.2) is 0 Å². The van der Waals surface area contributed by atoms with Crippen LogP contribution >= 0.6 is 11.6 Å². The normalized spacial score (nSPS) is 21.7. The van der Waals surface area contributed by atoms with Gasteiger partial charge in [0, 0.05) is 12.6 Å². The standard InChI is InChI=1S/C16H24ClFN2/c1-3-8-20-9-4-5-13(11-20)12(2)19-16-7-6-14(18)10-15(16)17/h6-7,10,12-13,19H,3-5,8-9,11H2,1-2H3. The highest BCUT2D eigenvalue weighted by atomic mass is 35.5. The third-order valence-corrected chi connectivity index (χ3v) is 4.42. The molecule has 0 aromatic heterocycles. The van der Waals surface area contributed by atoms with Gasteiger partial charge in [-0.25, -0.2) is 4.39 Å². The topological polar surface area (TPSA) is 15.3 Å². The molecule has 1 N–H and O–H groups in total. The molecule has 2 rings (SSSR count). The van der Waals surface area contributed by atoms with Crippen LogP contribution in [0, 0.1) is 11.7 Å². The van der Waals surface area contributed by atoms with E-state index < -0.39 is 0 Å². The molecule has 1 fully saturated rings. The van der Waals surface area contributed by atoms with Crippen molar-refractivity contribution in [1.29, 1.82) is 0 Å². The van der Waals surface area contributed by atoms with Crippen LogP contribution < -0.4 is 5.32 Å². The van der Waals surface area contributed by atoms with Gasteiger partial charge in [0.1, 0.15) is 5.82 Å². The Morgan fingerprint density at radius 1 is 1.50 bits per heavy atom. The molecule has 1 aliphatic heterocycles. The molecule has 0 spiro atoms. The molecule has 0 radical (unpaired) electrons. The lowest BCUT2D eigenvalue weighted by molar-refractivity contribution is 0.165. The molecule has 2 unspecified atom stereocenters. The maximum Gasteiger partial charge on any atom is 0.124 e. The summed E-state index contributed by atoms with van der Waals surface area (Å²) in [4.78, 5) is 2.54. The Labute approximate surface area is 126 Å². The van der Waals surface area contributed by atoms with Crippen LogP contribution in [0.1, 0.15) is 33.1 Å². The van der Waals surface area contributed by atoms with Crippen LogP contribution in [-0.4, -0.2) is 30.6 Å². The fourth-order valence-corrected chi connectivity index (χ4v) is 3.21. The number of hydrogen-bond acceptors (Lipinski definition) is 2. The van der Waals surface area contributed by atoms with E-state index in [1.165, 1.54) is 44.5 Å². The minimum atomic E-state index is -0.292. The minimum absolute atomic E-state index is 0.292. The van der Waals surface area contributed by atoms with E-state index in [0.717, 1.165) is 12.2 Å². The van der Waals surface area contributed by atoms with Crippen LogP contribution in [0.5, 0.6) is 0 Å². The summed E-state index contributed by atoms with van der Waals surface area (Å²) >= 11 is 6.08. The number of hydrogen-bond donors (Lipinski definition) is 1. The first-order valence-electron chi connectivity index (χ1n) is 7.54. The molecular weight excluding hydrogens is 275 g/mol. The molecular formula is C16H24ClFN2. The van der Waals surface area contributed by atoms with E-state index in [1.54, 1.807) is 6.07 Å². The second-order valence-electron chi connectivity index (χ2n) is 5.76. The van der Waals surface area contributed by atoms with Crippen molar-refractivity contribution < 1.29 is 4.39 Å².